The maximum absolute atomic E-state index is 9.92. The third kappa shape index (κ3) is 3.32. The number of nitrogens with one attached hydrogen (secondary N) is 1. The fourth-order valence-corrected chi connectivity index (χ4v) is 3.92. The summed E-state index contributed by atoms with van der Waals surface area (Å²) in [6.45, 7) is 3.87. The molecule has 3 fully saturated rings. The molecule has 2 atom stereocenters. The first-order valence-electron chi connectivity index (χ1n) is 8.40. The van der Waals surface area contributed by atoms with E-state index in [1.165, 1.54) is 57.9 Å². The van der Waals surface area contributed by atoms with Gasteiger partial charge in [0.1, 0.15) is 0 Å². The molecule has 3 aliphatic rings. The van der Waals surface area contributed by atoms with Crippen molar-refractivity contribution in [2.75, 3.05) is 13.2 Å². The lowest BCUT2D eigenvalue weighted by Crippen LogP contribution is -2.57. The summed E-state index contributed by atoms with van der Waals surface area (Å²) in [7, 11) is 0. The van der Waals surface area contributed by atoms with Crippen molar-refractivity contribution in [1.82, 2.24) is 10.2 Å². The predicted molar refractivity (Wildman–Crippen MR) is 78.2 cm³/mol. The van der Waals surface area contributed by atoms with Gasteiger partial charge in [0.15, 0.2) is 0 Å². The minimum atomic E-state index is 0.0327. The van der Waals surface area contributed by atoms with Gasteiger partial charge in [-0.3, -0.25) is 4.90 Å². The molecular weight excluding hydrogens is 236 g/mol. The molecule has 0 spiro atoms. The Morgan fingerprint density at radius 2 is 1.95 bits per heavy atom. The zero-order chi connectivity index (χ0) is 13.3. The number of hydrogen-bond acceptors (Lipinski definition) is 3. The van der Waals surface area contributed by atoms with Crippen LogP contribution in [0.15, 0.2) is 0 Å². The number of rotatable bonds is 7. The van der Waals surface area contributed by atoms with Gasteiger partial charge >= 0.3 is 0 Å². The standard InChI is InChI=1S/C16H30N2O/c1-2-10-18(14-7-8-14)15-4-3-9-16(11-15,12-19)17-13-5-6-13/h13-15,17,19H,2-12H2,1H3. The second-order valence-corrected chi connectivity index (χ2v) is 7.08. The number of aliphatic hydroxyl groups is 1. The molecule has 2 unspecified atom stereocenters. The molecule has 3 nitrogen and oxygen atoms in total. The maximum Gasteiger partial charge on any atom is 0.0613 e. The molecule has 0 amide bonds. The Hall–Kier alpha value is -0.120. The van der Waals surface area contributed by atoms with Crippen molar-refractivity contribution in [1.29, 1.82) is 0 Å². The second-order valence-electron chi connectivity index (χ2n) is 7.08. The van der Waals surface area contributed by atoms with Gasteiger partial charge in [0, 0.05) is 23.7 Å². The van der Waals surface area contributed by atoms with Gasteiger partial charge in [0.25, 0.3) is 0 Å². The van der Waals surface area contributed by atoms with Crippen LogP contribution in [0.5, 0.6) is 0 Å². The molecule has 3 heteroatoms. The highest BCUT2D eigenvalue weighted by molar-refractivity contribution is 5.02. The third-order valence-corrected chi connectivity index (χ3v) is 5.18. The summed E-state index contributed by atoms with van der Waals surface area (Å²) in [5.74, 6) is 0. The summed E-state index contributed by atoms with van der Waals surface area (Å²) >= 11 is 0. The quantitative estimate of drug-likeness (QED) is 0.742. The molecule has 0 aromatic carbocycles. The summed E-state index contributed by atoms with van der Waals surface area (Å²) in [5.41, 5.74) is 0.0327. The smallest absolute Gasteiger partial charge is 0.0613 e. The minimum absolute atomic E-state index is 0.0327. The van der Waals surface area contributed by atoms with E-state index in [-0.39, 0.29) is 5.54 Å². The van der Waals surface area contributed by atoms with Crippen LogP contribution in [0.3, 0.4) is 0 Å². The molecule has 0 radical (unpaired) electrons. The average Bonchev–Trinajstić information content (AvgIpc) is 3.30. The molecule has 0 aliphatic heterocycles. The average molecular weight is 266 g/mol. The summed E-state index contributed by atoms with van der Waals surface area (Å²) in [6.07, 6.45) is 11.6. The van der Waals surface area contributed by atoms with Crippen molar-refractivity contribution in [3.8, 4) is 0 Å². The first kappa shape index (κ1) is 13.8. The molecule has 0 aromatic heterocycles. The lowest BCUT2D eigenvalue weighted by Gasteiger charge is -2.45. The highest BCUT2D eigenvalue weighted by atomic mass is 16.3. The molecule has 3 saturated carbocycles. The van der Waals surface area contributed by atoms with Crippen LogP contribution in [0, 0.1) is 0 Å². The molecule has 0 aromatic rings. The first-order valence-corrected chi connectivity index (χ1v) is 8.40. The SMILES string of the molecule is CCCN(C1CC1)C1CCCC(CO)(NC2CC2)C1. The monoisotopic (exact) mass is 266 g/mol. The largest absolute Gasteiger partial charge is 0.394 e. The number of hydrogen-bond donors (Lipinski definition) is 2. The summed E-state index contributed by atoms with van der Waals surface area (Å²) in [4.78, 5) is 2.76. The van der Waals surface area contributed by atoms with E-state index in [9.17, 15) is 5.11 Å². The Kier molecular flexibility index (Phi) is 4.16. The van der Waals surface area contributed by atoms with E-state index in [4.69, 9.17) is 0 Å². The van der Waals surface area contributed by atoms with Crippen LogP contribution < -0.4 is 5.32 Å². The van der Waals surface area contributed by atoms with Gasteiger partial charge < -0.3 is 10.4 Å². The van der Waals surface area contributed by atoms with Gasteiger partial charge in [-0.2, -0.15) is 0 Å². The van der Waals surface area contributed by atoms with E-state index in [2.05, 4.69) is 17.1 Å². The maximum atomic E-state index is 9.92. The Labute approximate surface area is 117 Å². The number of aliphatic hydroxyl groups excluding tert-OH is 1. The van der Waals surface area contributed by atoms with Crippen LogP contribution >= 0.6 is 0 Å². The molecule has 0 bridgehead atoms. The van der Waals surface area contributed by atoms with Crippen LogP contribution in [-0.4, -0.2) is 46.8 Å². The Bertz CT molecular complexity index is 301. The first-order chi connectivity index (χ1) is 9.26. The van der Waals surface area contributed by atoms with E-state index >= 15 is 0 Å². The summed E-state index contributed by atoms with van der Waals surface area (Å²) in [6, 6.07) is 2.27. The van der Waals surface area contributed by atoms with Gasteiger partial charge in [-0.15, -0.1) is 0 Å². The van der Waals surface area contributed by atoms with Crippen molar-refractivity contribution in [2.24, 2.45) is 0 Å². The Morgan fingerprint density at radius 3 is 2.53 bits per heavy atom. The van der Waals surface area contributed by atoms with Crippen LogP contribution in [0.4, 0.5) is 0 Å². The van der Waals surface area contributed by atoms with Gasteiger partial charge in [-0.25, -0.2) is 0 Å². The van der Waals surface area contributed by atoms with E-state index in [1.54, 1.807) is 0 Å². The molecule has 3 rings (SSSR count). The van der Waals surface area contributed by atoms with Crippen molar-refractivity contribution in [2.45, 2.75) is 88.4 Å². The van der Waals surface area contributed by atoms with Crippen LogP contribution in [0.1, 0.15) is 64.7 Å². The van der Waals surface area contributed by atoms with E-state index < -0.39 is 0 Å². The Balaban J connectivity index is 1.64. The van der Waals surface area contributed by atoms with Crippen LogP contribution in [0.2, 0.25) is 0 Å². The molecule has 110 valence electrons. The van der Waals surface area contributed by atoms with E-state index in [1.807, 2.05) is 0 Å². The van der Waals surface area contributed by atoms with Crippen molar-refractivity contribution in [3.63, 3.8) is 0 Å². The molecule has 0 heterocycles. The zero-order valence-corrected chi connectivity index (χ0v) is 12.4. The highest BCUT2D eigenvalue weighted by Crippen LogP contribution is 2.38. The van der Waals surface area contributed by atoms with Gasteiger partial charge in [0.2, 0.25) is 0 Å². The highest BCUT2D eigenvalue weighted by Gasteiger charge is 2.43. The van der Waals surface area contributed by atoms with Crippen molar-refractivity contribution in [3.05, 3.63) is 0 Å². The number of nitrogens with zero attached hydrogens (tertiary/aromatic N) is 1. The lowest BCUT2D eigenvalue weighted by atomic mass is 9.78. The van der Waals surface area contributed by atoms with E-state index in [0.29, 0.717) is 18.7 Å². The van der Waals surface area contributed by atoms with Gasteiger partial charge in [-0.1, -0.05) is 6.92 Å². The predicted octanol–water partition coefficient (Wildman–Crippen LogP) is 2.29. The molecule has 2 N–H and O–H groups in total. The third-order valence-electron chi connectivity index (χ3n) is 5.18. The molecule has 0 saturated heterocycles. The topological polar surface area (TPSA) is 35.5 Å². The zero-order valence-electron chi connectivity index (χ0n) is 12.4. The summed E-state index contributed by atoms with van der Waals surface area (Å²) < 4.78 is 0. The van der Waals surface area contributed by atoms with Gasteiger partial charge in [-0.05, 0) is 64.3 Å². The van der Waals surface area contributed by atoms with Crippen LogP contribution in [0.25, 0.3) is 0 Å². The normalized spacial score (nSPS) is 35.8. The fraction of sp³-hybridized carbons (Fsp3) is 1.00. The lowest BCUT2D eigenvalue weighted by molar-refractivity contribution is 0.0541. The fourth-order valence-electron chi connectivity index (χ4n) is 3.92. The van der Waals surface area contributed by atoms with Crippen molar-refractivity contribution >= 4 is 0 Å². The summed E-state index contributed by atoms with van der Waals surface area (Å²) in [5, 5.41) is 13.7. The van der Waals surface area contributed by atoms with Crippen molar-refractivity contribution < 1.29 is 5.11 Å². The van der Waals surface area contributed by atoms with E-state index in [0.717, 1.165) is 12.5 Å². The molecule has 3 aliphatic carbocycles. The Morgan fingerprint density at radius 1 is 1.16 bits per heavy atom. The van der Waals surface area contributed by atoms with Crippen LogP contribution in [-0.2, 0) is 0 Å². The molecule has 19 heavy (non-hydrogen) atoms. The van der Waals surface area contributed by atoms with Gasteiger partial charge in [0.05, 0.1) is 6.61 Å². The minimum Gasteiger partial charge on any atom is -0.394 e. The molecular formula is C16H30N2O. The second kappa shape index (κ2) is 5.71.